The van der Waals surface area contributed by atoms with Gasteiger partial charge in [-0.15, -0.1) is 0 Å². The van der Waals surface area contributed by atoms with Gasteiger partial charge in [-0.05, 0) is 38.1 Å². The third-order valence-corrected chi connectivity index (χ3v) is 3.37. The molecule has 1 N–H and O–H groups in total. The van der Waals surface area contributed by atoms with E-state index in [1.807, 2.05) is 24.3 Å². The summed E-state index contributed by atoms with van der Waals surface area (Å²) in [6.45, 7) is 3.88. The fourth-order valence-electron chi connectivity index (χ4n) is 1.81. The zero-order chi connectivity index (χ0) is 14.0. The molecule has 0 aliphatic carbocycles. The number of hydrogen-bond acceptors (Lipinski definition) is 3. The third kappa shape index (κ3) is 3.07. The number of nitrogens with zero attached hydrogens (tertiary/aromatic N) is 1. The number of imide groups is 1. The van der Waals surface area contributed by atoms with Gasteiger partial charge >= 0.3 is 6.03 Å². The maximum atomic E-state index is 11.9. The molecule has 0 bridgehead atoms. The fraction of sp³-hybridized carbons (Fsp3) is 0.385. The lowest BCUT2D eigenvalue weighted by atomic mass is 10.1. The maximum Gasteiger partial charge on any atom is 0.325 e. The molecule has 0 aromatic heterocycles. The predicted octanol–water partition coefficient (Wildman–Crippen LogP) is 2.16. The van der Waals surface area contributed by atoms with E-state index >= 15 is 0 Å². The van der Waals surface area contributed by atoms with Crippen LogP contribution in [0.25, 0.3) is 0 Å². The van der Waals surface area contributed by atoms with Gasteiger partial charge in [-0.25, -0.2) is 4.79 Å². The number of hydrogen-bond donors (Lipinski definition) is 1. The summed E-state index contributed by atoms with van der Waals surface area (Å²) in [7, 11) is 0. The van der Waals surface area contributed by atoms with E-state index in [1.165, 1.54) is 4.90 Å². The van der Waals surface area contributed by atoms with E-state index in [-0.39, 0.29) is 25.1 Å². The van der Waals surface area contributed by atoms with E-state index in [2.05, 4.69) is 21.2 Å². The summed E-state index contributed by atoms with van der Waals surface area (Å²) in [6, 6.07) is 7.01. The lowest BCUT2D eigenvalue weighted by Crippen LogP contribution is -2.40. The van der Waals surface area contributed by atoms with Crippen LogP contribution in [0.3, 0.4) is 0 Å². The van der Waals surface area contributed by atoms with E-state index in [4.69, 9.17) is 4.74 Å². The van der Waals surface area contributed by atoms with Crippen molar-refractivity contribution in [3.05, 3.63) is 28.7 Å². The molecule has 3 amide bonds. The van der Waals surface area contributed by atoms with Gasteiger partial charge < -0.3 is 10.1 Å². The molecule has 0 unspecified atom stereocenters. The first kappa shape index (κ1) is 13.9. The number of carbonyl (C=O) groups is 2. The summed E-state index contributed by atoms with van der Waals surface area (Å²) in [4.78, 5) is 24.7. The van der Waals surface area contributed by atoms with Crippen molar-refractivity contribution in [1.82, 2.24) is 10.2 Å². The second kappa shape index (κ2) is 5.21. The van der Waals surface area contributed by atoms with Crippen LogP contribution in [0.1, 0.15) is 13.8 Å². The summed E-state index contributed by atoms with van der Waals surface area (Å²) in [5.74, 6) is 0.478. The molecule has 0 saturated carbocycles. The minimum Gasteiger partial charge on any atom is -0.492 e. The number of halogens is 1. The number of benzene rings is 1. The lowest BCUT2D eigenvalue weighted by Gasteiger charge is -2.16. The summed E-state index contributed by atoms with van der Waals surface area (Å²) < 4.78 is 6.46. The molecule has 2 rings (SSSR count). The number of nitrogens with one attached hydrogen (secondary N) is 1. The van der Waals surface area contributed by atoms with Crippen LogP contribution in [0, 0.1) is 0 Å². The minimum atomic E-state index is -0.825. The Hall–Kier alpha value is -1.56. The molecule has 5 nitrogen and oxygen atoms in total. The van der Waals surface area contributed by atoms with Crippen molar-refractivity contribution in [2.24, 2.45) is 0 Å². The Bertz CT molecular complexity index is 499. The van der Waals surface area contributed by atoms with Crippen molar-refractivity contribution in [3.63, 3.8) is 0 Å². The predicted molar refractivity (Wildman–Crippen MR) is 74.0 cm³/mol. The molecular formula is C13H15BrN2O3. The molecular weight excluding hydrogens is 312 g/mol. The SMILES string of the molecule is CC1(C)NC(=O)N(CCOc2ccc(Br)cc2)C1=O. The molecule has 19 heavy (non-hydrogen) atoms. The normalized spacial score (nSPS) is 17.5. The van der Waals surface area contributed by atoms with Gasteiger partial charge in [-0.1, -0.05) is 15.9 Å². The van der Waals surface area contributed by atoms with E-state index in [1.54, 1.807) is 13.8 Å². The molecule has 1 saturated heterocycles. The van der Waals surface area contributed by atoms with E-state index in [0.29, 0.717) is 5.75 Å². The van der Waals surface area contributed by atoms with E-state index in [0.717, 1.165) is 4.47 Å². The molecule has 1 aliphatic heterocycles. The van der Waals surface area contributed by atoms with Gasteiger partial charge in [0, 0.05) is 4.47 Å². The molecule has 0 spiro atoms. The summed E-state index contributed by atoms with van der Waals surface area (Å²) in [6.07, 6.45) is 0. The van der Waals surface area contributed by atoms with Crippen LogP contribution in [-0.4, -0.2) is 35.5 Å². The number of ether oxygens (including phenoxy) is 1. The molecule has 0 atom stereocenters. The summed E-state index contributed by atoms with van der Waals surface area (Å²) in [5, 5.41) is 2.62. The highest BCUT2D eigenvalue weighted by Crippen LogP contribution is 2.18. The van der Waals surface area contributed by atoms with Crippen LogP contribution in [0.5, 0.6) is 5.75 Å². The molecule has 1 aromatic carbocycles. The molecule has 6 heteroatoms. The van der Waals surface area contributed by atoms with Crippen LogP contribution in [0.2, 0.25) is 0 Å². The smallest absolute Gasteiger partial charge is 0.325 e. The van der Waals surface area contributed by atoms with Gasteiger partial charge in [0.05, 0.1) is 6.54 Å². The molecule has 1 aliphatic rings. The van der Waals surface area contributed by atoms with Crippen LogP contribution >= 0.6 is 15.9 Å². The first-order valence-corrected chi connectivity index (χ1v) is 6.72. The van der Waals surface area contributed by atoms with Crippen LogP contribution < -0.4 is 10.1 Å². The minimum absolute atomic E-state index is 0.225. The zero-order valence-electron chi connectivity index (χ0n) is 10.8. The number of urea groups is 1. The monoisotopic (exact) mass is 326 g/mol. The topological polar surface area (TPSA) is 58.6 Å². The fourth-order valence-corrected chi connectivity index (χ4v) is 2.07. The molecule has 1 aromatic rings. The van der Waals surface area contributed by atoms with Crippen LogP contribution in [-0.2, 0) is 4.79 Å². The van der Waals surface area contributed by atoms with Gasteiger partial charge in [-0.3, -0.25) is 9.69 Å². The summed E-state index contributed by atoms with van der Waals surface area (Å²) in [5.41, 5.74) is -0.825. The van der Waals surface area contributed by atoms with Crippen molar-refractivity contribution < 1.29 is 14.3 Å². The van der Waals surface area contributed by atoms with Gasteiger partial charge in [0.15, 0.2) is 0 Å². The highest BCUT2D eigenvalue weighted by atomic mass is 79.9. The van der Waals surface area contributed by atoms with Crippen molar-refractivity contribution >= 4 is 27.9 Å². The Labute approximate surface area is 120 Å². The molecule has 1 heterocycles. The third-order valence-electron chi connectivity index (χ3n) is 2.84. The maximum absolute atomic E-state index is 11.9. The van der Waals surface area contributed by atoms with Crippen molar-refractivity contribution in [1.29, 1.82) is 0 Å². The lowest BCUT2D eigenvalue weighted by molar-refractivity contribution is -0.130. The first-order valence-electron chi connectivity index (χ1n) is 5.92. The highest BCUT2D eigenvalue weighted by Gasteiger charge is 2.43. The largest absolute Gasteiger partial charge is 0.492 e. The Morgan fingerprint density at radius 3 is 2.42 bits per heavy atom. The quantitative estimate of drug-likeness (QED) is 0.862. The van der Waals surface area contributed by atoms with Crippen LogP contribution in [0.4, 0.5) is 4.79 Å². The molecule has 102 valence electrons. The van der Waals surface area contributed by atoms with Crippen molar-refractivity contribution in [2.45, 2.75) is 19.4 Å². The average Bonchev–Trinajstić information content (AvgIpc) is 2.53. The van der Waals surface area contributed by atoms with E-state index in [9.17, 15) is 9.59 Å². The Kier molecular flexibility index (Phi) is 3.80. The zero-order valence-corrected chi connectivity index (χ0v) is 12.4. The Morgan fingerprint density at radius 1 is 1.26 bits per heavy atom. The van der Waals surface area contributed by atoms with Gasteiger partial charge in [0.1, 0.15) is 17.9 Å². The molecule has 1 fully saturated rings. The van der Waals surface area contributed by atoms with Gasteiger partial charge in [-0.2, -0.15) is 0 Å². The number of carbonyl (C=O) groups excluding carboxylic acids is 2. The standard InChI is InChI=1S/C13H15BrN2O3/c1-13(2)11(17)16(12(18)15-13)7-8-19-10-5-3-9(14)4-6-10/h3-6H,7-8H2,1-2H3,(H,15,18). The first-order chi connectivity index (χ1) is 8.90. The number of rotatable bonds is 4. The highest BCUT2D eigenvalue weighted by molar-refractivity contribution is 9.10. The Morgan fingerprint density at radius 2 is 1.89 bits per heavy atom. The van der Waals surface area contributed by atoms with Crippen molar-refractivity contribution in [3.8, 4) is 5.75 Å². The second-order valence-electron chi connectivity index (χ2n) is 4.81. The second-order valence-corrected chi connectivity index (χ2v) is 5.73. The van der Waals surface area contributed by atoms with Gasteiger partial charge in [0.2, 0.25) is 0 Å². The van der Waals surface area contributed by atoms with Crippen molar-refractivity contribution in [2.75, 3.05) is 13.2 Å². The Balaban J connectivity index is 1.88. The average molecular weight is 327 g/mol. The molecule has 0 radical (unpaired) electrons. The van der Waals surface area contributed by atoms with E-state index < -0.39 is 5.54 Å². The summed E-state index contributed by atoms with van der Waals surface area (Å²) >= 11 is 3.33. The van der Waals surface area contributed by atoms with Gasteiger partial charge in [0.25, 0.3) is 5.91 Å². The number of amides is 3. The van der Waals surface area contributed by atoms with Crippen LogP contribution in [0.15, 0.2) is 28.7 Å².